The van der Waals surface area contributed by atoms with Gasteiger partial charge in [-0.25, -0.2) is 0 Å². The molecule has 0 saturated carbocycles. The normalized spacial score (nSPS) is 14.1. The van der Waals surface area contributed by atoms with E-state index < -0.39 is 0 Å². The molecule has 0 aliphatic heterocycles. The van der Waals surface area contributed by atoms with E-state index in [0.717, 1.165) is 11.4 Å². The number of anilines is 6. The van der Waals surface area contributed by atoms with Gasteiger partial charge in [0.25, 0.3) is 0 Å². The third-order valence-electron chi connectivity index (χ3n) is 12.9. The summed E-state index contributed by atoms with van der Waals surface area (Å²) in [6.45, 7) is 18.4. The van der Waals surface area contributed by atoms with Crippen molar-refractivity contribution in [2.45, 2.75) is 66.2 Å². The van der Waals surface area contributed by atoms with E-state index in [4.69, 9.17) is 0 Å². The highest BCUT2D eigenvalue weighted by molar-refractivity contribution is 6.13. The lowest BCUT2D eigenvalue weighted by Gasteiger charge is -2.37. The number of rotatable bonds is 6. The van der Waals surface area contributed by atoms with E-state index in [9.17, 15) is 0 Å². The first-order valence-electron chi connectivity index (χ1n) is 20.7. The standard InChI is InChI=1S/C56H50N2/c1-35-26-36(2)29-43(28-35)57(39-16-11-9-12-17-39)41-22-24-45-48-34-52-53(47-20-15-21-49(54(47)48)55(5,6)50(45)32-41)46-25-23-42(33-51(46)56(52,7)8)58(40-18-13-10-14-19-40)44-30-37(3)27-38(4)31-44/h9-34H,1-8H3. The van der Waals surface area contributed by atoms with Gasteiger partial charge >= 0.3 is 0 Å². The fraction of sp³-hybridized carbons (Fsp3) is 0.179. The smallest absolute Gasteiger partial charge is 0.0466 e. The molecule has 8 aromatic carbocycles. The SMILES string of the molecule is Cc1cc(C)cc(N(c2ccccc2)c2ccc3c(c2)C(C)(C)c2cc4c5c(cccc5c2-3)C(C)(C)c2cc(N(c3ccccc3)c3cc(C)cc(C)c3)ccc2-4)c1. The summed E-state index contributed by atoms with van der Waals surface area (Å²) in [5.41, 5.74) is 22.5. The molecule has 0 spiro atoms. The van der Waals surface area contributed by atoms with E-state index in [2.05, 4.69) is 223 Å². The molecule has 2 aliphatic rings. The minimum absolute atomic E-state index is 0.216. The van der Waals surface area contributed by atoms with Crippen molar-refractivity contribution in [3.63, 3.8) is 0 Å². The minimum Gasteiger partial charge on any atom is -0.310 e. The second kappa shape index (κ2) is 13.1. The first-order valence-corrected chi connectivity index (χ1v) is 20.7. The molecule has 0 aromatic heterocycles. The van der Waals surface area contributed by atoms with Crippen molar-refractivity contribution >= 4 is 44.9 Å². The molecule has 2 heteroatoms. The Morgan fingerprint density at radius 2 is 0.793 bits per heavy atom. The number of aryl methyl sites for hydroxylation is 4. The Kier molecular flexibility index (Phi) is 8.12. The van der Waals surface area contributed by atoms with E-state index >= 15 is 0 Å². The average Bonchev–Trinajstić information content (AvgIpc) is 3.42. The van der Waals surface area contributed by atoms with Gasteiger partial charge < -0.3 is 9.80 Å². The topological polar surface area (TPSA) is 6.48 Å². The fourth-order valence-corrected chi connectivity index (χ4v) is 10.3. The molecule has 2 aliphatic carbocycles. The third-order valence-corrected chi connectivity index (χ3v) is 12.9. The number of benzene rings is 8. The number of fused-ring (bicyclic) bond motifs is 6. The molecule has 0 saturated heterocycles. The summed E-state index contributed by atoms with van der Waals surface area (Å²) in [7, 11) is 0. The lowest BCUT2D eigenvalue weighted by Crippen LogP contribution is -2.25. The van der Waals surface area contributed by atoms with Crippen LogP contribution in [-0.2, 0) is 10.8 Å². The van der Waals surface area contributed by atoms with Crippen molar-refractivity contribution in [3.8, 4) is 22.3 Å². The molecular weight excluding hydrogens is 701 g/mol. The quantitative estimate of drug-likeness (QED) is 0.167. The monoisotopic (exact) mass is 750 g/mol. The van der Waals surface area contributed by atoms with Crippen molar-refractivity contribution in [2.24, 2.45) is 0 Å². The molecule has 0 radical (unpaired) electrons. The summed E-state index contributed by atoms with van der Waals surface area (Å²) in [6.07, 6.45) is 0. The van der Waals surface area contributed by atoms with Crippen molar-refractivity contribution < 1.29 is 0 Å². The zero-order valence-electron chi connectivity index (χ0n) is 34.9. The molecule has 10 rings (SSSR count). The highest BCUT2D eigenvalue weighted by Gasteiger charge is 2.41. The molecule has 8 aromatic rings. The Morgan fingerprint density at radius 3 is 1.31 bits per heavy atom. The van der Waals surface area contributed by atoms with Gasteiger partial charge in [-0.15, -0.1) is 0 Å². The summed E-state index contributed by atoms with van der Waals surface area (Å²) in [6, 6.07) is 59.3. The highest BCUT2D eigenvalue weighted by Crippen LogP contribution is 2.58. The van der Waals surface area contributed by atoms with E-state index in [0.29, 0.717) is 0 Å². The Balaban J connectivity index is 1.16. The summed E-state index contributed by atoms with van der Waals surface area (Å²) in [5, 5.41) is 2.73. The Bertz CT molecular complexity index is 2890. The van der Waals surface area contributed by atoms with Gasteiger partial charge in [0.1, 0.15) is 0 Å². The molecule has 0 atom stereocenters. The average molecular weight is 751 g/mol. The molecule has 58 heavy (non-hydrogen) atoms. The summed E-state index contributed by atoms with van der Waals surface area (Å²) >= 11 is 0. The van der Waals surface area contributed by atoms with Gasteiger partial charge in [-0.2, -0.15) is 0 Å². The van der Waals surface area contributed by atoms with Crippen molar-refractivity contribution in [1.82, 2.24) is 0 Å². The lowest BCUT2D eigenvalue weighted by molar-refractivity contribution is 0.644. The second-order valence-electron chi connectivity index (χ2n) is 17.8. The molecule has 0 heterocycles. The summed E-state index contributed by atoms with van der Waals surface area (Å²) in [5.74, 6) is 0. The summed E-state index contributed by atoms with van der Waals surface area (Å²) in [4.78, 5) is 4.84. The van der Waals surface area contributed by atoms with Crippen molar-refractivity contribution in [1.29, 1.82) is 0 Å². The molecule has 0 bridgehead atoms. The van der Waals surface area contributed by atoms with Crippen LogP contribution in [0.2, 0.25) is 0 Å². The van der Waals surface area contributed by atoms with E-state index in [1.807, 2.05) is 0 Å². The minimum atomic E-state index is -0.222. The zero-order chi connectivity index (χ0) is 40.1. The van der Waals surface area contributed by atoms with E-state index in [1.165, 1.54) is 100 Å². The van der Waals surface area contributed by atoms with Crippen LogP contribution in [0.25, 0.3) is 33.0 Å². The van der Waals surface area contributed by atoms with Crippen LogP contribution in [-0.4, -0.2) is 0 Å². The maximum absolute atomic E-state index is 2.55. The van der Waals surface area contributed by atoms with Crippen LogP contribution >= 0.6 is 0 Å². The molecule has 0 unspecified atom stereocenters. The Hall–Kier alpha value is -6.38. The van der Waals surface area contributed by atoms with Crippen LogP contribution in [0, 0.1) is 27.7 Å². The van der Waals surface area contributed by atoms with Crippen LogP contribution in [0.3, 0.4) is 0 Å². The largest absolute Gasteiger partial charge is 0.310 e. The van der Waals surface area contributed by atoms with E-state index in [1.54, 1.807) is 0 Å². The van der Waals surface area contributed by atoms with Gasteiger partial charge in [-0.3, -0.25) is 0 Å². The van der Waals surface area contributed by atoms with Gasteiger partial charge in [0.05, 0.1) is 0 Å². The number of hydrogen-bond donors (Lipinski definition) is 0. The molecular formula is C56H50N2. The maximum Gasteiger partial charge on any atom is 0.0466 e. The van der Waals surface area contributed by atoms with Crippen molar-refractivity contribution in [2.75, 3.05) is 9.80 Å². The van der Waals surface area contributed by atoms with Gasteiger partial charge in [-0.1, -0.05) is 107 Å². The molecule has 0 amide bonds. The van der Waals surface area contributed by atoms with Crippen LogP contribution in [0.5, 0.6) is 0 Å². The first kappa shape index (κ1) is 36.0. The first-order chi connectivity index (χ1) is 27.9. The van der Waals surface area contributed by atoms with Gasteiger partial charge in [-0.05, 0) is 184 Å². The van der Waals surface area contributed by atoms with Crippen molar-refractivity contribution in [3.05, 3.63) is 202 Å². The number of para-hydroxylation sites is 2. The van der Waals surface area contributed by atoms with E-state index in [-0.39, 0.29) is 10.8 Å². The predicted octanol–water partition coefficient (Wildman–Crippen LogP) is 15.6. The molecule has 0 fully saturated rings. The molecule has 2 nitrogen and oxygen atoms in total. The van der Waals surface area contributed by atoms with Crippen LogP contribution in [0.4, 0.5) is 34.1 Å². The van der Waals surface area contributed by atoms with Gasteiger partial charge in [0, 0.05) is 45.0 Å². The van der Waals surface area contributed by atoms with Crippen LogP contribution in [0.15, 0.2) is 158 Å². The summed E-state index contributed by atoms with van der Waals surface area (Å²) < 4.78 is 0. The molecule has 0 N–H and O–H groups in total. The van der Waals surface area contributed by atoms with Crippen LogP contribution in [0.1, 0.15) is 72.2 Å². The second-order valence-corrected chi connectivity index (χ2v) is 17.8. The van der Waals surface area contributed by atoms with Crippen LogP contribution < -0.4 is 9.80 Å². The Morgan fingerprint density at radius 1 is 0.328 bits per heavy atom. The van der Waals surface area contributed by atoms with Gasteiger partial charge in [0.2, 0.25) is 0 Å². The molecule has 284 valence electrons. The number of nitrogens with zero attached hydrogens (tertiary/aromatic N) is 2. The Labute approximate surface area is 344 Å². The number of hydrogen-bond acceptors (Lipinski definition) is 2. The maximum atomic E-state index is 2.55. The third kappa shape index (κ3) is 5.53. The highest BCUT2D eigenvalue weighted by atomic mass is 15.1. The lowest BCUT2D eigenvalue weighted by atomic mass is 9.67. The zero-order valence-corrected chi connectivity index (χ0v) is 34.9. The fourth-order valence-electron chi connectivity index (χ4n) is 10.3. The predicted molar refractivity (Wildman–Crippen MR) is 247 cm³/mol. The van der Waals surface area contributed by atoms with Gasteiger partial charge in [0.15, 0.2) is 0 Å².